The van der Waals surface area contributed by atoms with Crippen LogP contribution in [0.2, 0.25) is 5.02 Å². The summed E-state index contributed by atoms with van der Waals surface area (Å²) in [5.74, 6) is -0.672. The van der Waals surface area contributed by atoms with Crippen LogP contribution in [0.1, 0.15) is 10.5 Å². The minimum absolute atomic E-state index is 0.103. The molecule has 4 nitrogen and oxygen atoms in total. The van der Waals surface area contributed by atoms with Gasteiger partial charge in [0.2, 0.25) is 0 Å². The number of aromatic nitrogens is 1. The summed E-state index contributed by atoms with van der Waals surface area (Å²) in [6, 6.07) is 8.90. The zero-order valence-electron chi connectivity index (χ0n) is 8.88. The summed E-state index contributed by atoms with van der Waals surface area (Å²) in [7, 11) is 0. The molecule has 0 saturated carbocycles. The van der Waals surface area contributed by atoms with E-state index in [1.165, 1.54) is 17.4 Å². The fourth-order valence-electron chi connectivity index (χ4n) is 1.64. The molecule has 6 heteroatoms. The number of fused-ring (bicyclic) bond motifs is 1. The Bertz CT molecular complexity index is 747. The van der Waals surface area contributed by atoms with Crippen molar-refractivity contribution in [1.29, 1.82) is 0 Å². The van der Waals surface area contributed by atoms with Crippen molar-refractivity contribution in [1.82, 2.24) is 5.16 Å². The second-order valence-electron chi connectivity index (χ2n) is 3.64. The van der Waals surface area contributed by atoms with Crippen LogP contribution in [-0.4, -0.2) is 16.2 Å². The zero-order valence-corrected chi connectivity index (χ0v) is 10.5. The van der Waals surface area contributed by atoms with Gasteiger partial charge in [0.25, 0.3) is 0 Å². The molecule has 0 aliphatic rings. The fraction of sp³-hybridized carbons (Fsp3) is 0. The van der Waals surface area contributed by atoms with Gasteiger partial charge in [-0.05, 0) is 18.2 Å². The smallest absolute Gasteiger partial charge is 0.358 e. The summed E-state index contributed by atoms with van der Waals surface area (Å²) in [4.78, 5) is 11.5. The first-order valence-corrected chi connectivity index (χ1v) is 6.23. The highest BCUT2D eigenvalue weighted by molar-refractivity contribution is 7.22. The Hall–Kier alpha value is -1.85. The molecule has 0 aliphatic heterocycles. The first kappa shape index (κ1) is 11.3. The summed E-state index contributed by atoms with van der Waals surface area (Å²) in [5.41, 5.74) is -0.103. The first-order valence-electron chi connectivity index (χ1n) is 5.03. The summed E-state index contributed by atoms with van der Waals surface area (Å²) in [6.07, 6.45) is 0. The summed E-state index contributed by atoms with van der Waals surface area (Å²) in [5, 5.41) is 13.9. The Kier molecular flexibility index (Phi) is 2.57. The number of nitrogens with zero attached hydrogens (tertiary/aromatic N) is 1. The number of carboxylic acid groups (broad SMARTS) is 1. The second kappa shape index (κ2) is 4.12. The maximum Gasteiger partial charge on any atom is 0.358 e. The molecule has 0 saturated heterocycles. The van der Waals surface area contributed by atoms with Crippen LogP contribution in [0.15, 0.2) is 34.9 Å². The number of carbonyl (C=O) groups is 1. The maximum absolute atomic E-state index is 10.7. The Morgan fingerprint density at radius 3 is 2.89 bits per heavy atom. The van der Waals surface area contributed by atoms with E-state index in [0.717, 1.165) is 15.0 Å². The number of hydrogen-bond acceptors (Lipinski definition) is 4. The highest BCUT2D eigenvalue weighted by Crippen LogP contribution is 2.36. The quantitative estimate of drug-likeness (QED) is 0.772. The van der Waals surface area contributed by atoms with Gasteiger partial charge in [-0.3, -0.25) is 0 Å². The number of carboxylic acids is 1. The molecule has 0 fully saturated rings. The molecule has 0 spiro atoms. The van der Waals surface area contributed by atoms with Gasteiger partial charge in [0, 0.05) is 21.2 Å². The molecule has 2 heterocycles. The minimum Gasteiger partial charge on any atom is -0.476 e. The second-order valence-corrected chi connectivity index (χ2v) is 5.13. The molecule has 0 atom stereocenters. The number of thiophene rings is 1. The first-order chi connectivity index (χ1) is 8.65. The zero-order chi connectivity index (χ0) is 12.7. The van der Waals surface area contributed by atoms with Crippen molar-refractivity contribution in [3.05, 3.63) is 41.0 Å². The molecule has 18 heavy (non-hydrogen) atoms. The highest BCUT2D eigenvalue weighted by Gasteiger charge is 2.14. The van der Waals surface area contributed by atoms with E-state index in [0.29, 0.717) is 10.8 Å². The monoisotopic (exact) mass is 279 g/mol. The van der Waals surface area contributed by atoms with Crippen molar-refractivity contribution in [2.75, 3.05) is 0 Å². The van der Waals surface area contributed by atoms with Crippen LogP contribution in [0.25, 0.3) is 20.7 Å². The molecule has 2 aromatic heterocycles. The van der Waals surface area contributed by atoms with Crippen molar-refractivity contribution in [3.8, 4) is 10.6 Å². The molecule has 0 unspecified atom stereocenters. The lowest BCUT2D eigenvalue weighted by Crippen LogP contribution is -1.94. The predicted octanol–water partition coefficient (Wildman–Crippen LogP) is 3.91. The lowest BCUT2D eigenvalue weighted by molar-refractivity contribution is 0.0686. The van der Waals surface area contributed by atoms with Crippen molar-refractivity contribution >= 4 is 39.0 Å². The molecule has 0 radical (unpaired) electrons. The molecule has 0 bridgehead atoms. The van der Waals surface area contributed by atoms with Gasteiger partial charge < -0.3 is 9.63 Å². The number of benzene rings is 1. The molecule has 1 aromatic carbocycles. The molecular weight excluding hydrogens is 274 g/mol. The average molecular weight is 280 g/mol. The lowest BCUT2D eigenvalue weighted by atomic mass is 10.2. The van der Waals surface area contributed by atoms with E-state index in [-0.39, 0.29) is 5.69 Å². The van der Waals surface area contributed by atoms with Crippen LogP contribution in [0.3, 0.4) is 0 Å². The third-order valence-electron chi connectivity index (χ3n) is 2.48. The summed E-state index contributed by atoms with van der Waals surface area (Å²) in [6.45, 7) is 0. The highest BCUT2D eigenvalue weighted by atomic mass is 35.5. The van der Waals surface area contributed by atoms with Crippen molar-refractivity contribution < 1.29 is 14.4 Å². The van der Waals surface area contributed by atoms with E-state index in [1.54, 1.807) is 0 Å². The lowest BCUT2D eigenvalue weighted by Gasteiger charge is -1.89. The van der Waals surface area contributed by atoms with E-state index in [2.05, 4.69) is 5.16 Å². The number of halogens is 1. The normalized spacial score (nSPS) is 10.9. The van der Waals surface area contributed by atoms with Crippen LogP contribution in [-0.2, 0) is 0 Å². The van der Waals surface area contributed by atoms with Crippen molar-refractivity contribution in [2.45, 2.75) is 0 Å². The SMILES string of the molecule is O=C(O)c1cc(-c2cc3c(Cl)cccc3s2)on1. The van der Waals surface area contributed by atoms with Gasteiger partial charge in [0.1, 0.15) is 0 Å². The van der Waals surface area contributed by atoms with E-state index in [4.69, 9.17) is 21.2 Å². The summed E-state index contributed by atoms with van der Waals surface area (Å²) >= 11 is 7.56. The van der Waals surface area contributed by atoms with Crippen molar-refractivity contribution in [3.63, 3.8) is 0 Å². The molecule has 0 aliphatic carbocycles. The Labute approximate surface area is 110 Å². The van der Waals surface area contributed by atoms with E-state index < -0.39 is 5.97 Å². The topological polar surface area (TPSA) is 63.3 Å². The van der Waals surface area contributed by atoms with Gasteiger partial charge in [0.15, 0.2) is 11.5 Å². The van der Waals surface area contributed by atoms with E-state index in [9.17, 15) is 4.79 Å². The third-order valence-corrected chi connectivity index (χ3v) is 3.92. The number of rotatable bonds is 2. The van der Waals surface area contributed by atoms with Gasteiger partial charge in [-0.15, -0.1) is 11.3 Å². The molecule has 0 amide bonds. The fourth-order valence-corrected chi connectivity index (χ4v) is 2.96. The van der Waals surface area contributed by atoms with E-state index in [1.807, 2.05) is 24.3 Å². The van der Waals surface area contributed by atoms with Crippen LogP contribution >= 0.6 is 22.9 Å². The van der Waals surface area contributed by atoms with Crippen molar-refractivity contribution in [2.24, 2.45) is 0 Å². The van der Waals surface area contributed by atoms with Gasteiger partial charge >= 0.3 is 5.97 Å². The van der Waals surface area contributed by atoms with Gasteiger partial charge in [-0.2, -0.15) is 0 Å². The average Bonchev–Trinajstić information content (AvgIpc) is 2.95. The largest absolute Gasteiger partial charge is 0.476 e. The standard InChI is InChI=1S/C12H6ClNO3S/c13-7-2-1-3-10-6(7)4-11(18-10)9-5-8(12(15)16)14-17-9/h1-5H,(H,15,16). The van der Waals surface area contributed by atoms with Crippen LogP contribution in [0.5, 0.6) is 0 Å². The van der Waals surface area contributed by atoms with Crippen LogP contribution < -0.4 is 0 Å². The molecular formula is C12H6ClNO3S. The number of hydrogen-bond donors (Lipinski definition) is 1. The van der Waals surface area contributed by atoms with Crippen LogP contribution in [0, 0.1) is 0 Å². The van der Waals surface area contributed by atoms with Gasteiger partial charge in [-0.1, -0.05) is 22.8 Å². The summed E-state index contributed by atoms with van der Waals surface area (Å²) < 4.78 is 6.04. The molecule has 3 aromatic rings. The minimum atomic E-state index is -1.11. The maximum atomic E-state index is 10.7. The van der Waals surface area contributed by atoms with E-state index >= 15 is 0 Å². The van der Waals surface area contributed by atoms with Gasteiger partial charge in [0.05, 0.1) is 4.88 Å². The van der Waals surface area contributed by atoms with Gasteiger partial charge in [-0.25, -0.2) is 4.79 Å². The molecule has 90 valence electrons. The molecule has 3 rings (SSSR count). The Morgan fingerprint density at radius 1 is 1.39 bits per heavy atom. The Morgan fingerprint density at radius 2 is 2.22 bits per heavy atom. The third kappa shape index (κ3) is 1.77. The predicted molar refractivity (Wildman–Crippen MR) is 69.3 cm³/mol. The molecule has 1 N–H and O–H groups in total. The van der Waals surface area contributed by atoms with Crippen LogP contribution in [0.4, 0.5) is 0 Å². The Balaban J connectivity index is 2.13. The number of aromatic carboxylic acids is 1.